The number of carbonyl (C=O) groups is 1. The van der Waals surface area contributed by atoms with Crippen LogP contribution in [0.5, 0.6) is 0 Å². The second kappa shape index (κ2) is 7.64. The molecule has 0 spiro atoms. The predicted molar refractivity (Wildman–Crippen MR) is 97.5 cm³/mol. The highest BCUT2D eigenvalue weighted by Gasteiger charge is 2.22. The highest BCUT2D eigenvalue weighted by molar-refractivity contribution is 5.94. The molecule has 3 rings (SSSR count). The molecule has 25 heavy (non-hydrogen) atoms. The summed E-state index contributed by atoms with van der Waals surface area (Å²) in [6.45, 7) is 6.88. The fraction of sp³-hybridized carbons (Fsp3) is 0.400. The first-order valence-electron chi connectivity index (χ1n) is 8.80. The first-order chi connectivity index (χ1) is 12.1. The molecule has 0 bridgehead atoms. The van der Waals surface area contributed by atoms with Gasteiger partial charge in [-0.05, 0) is 36.1 Å². The number of benzene rings is 1. The number of amides is 1. The van der Waals surface area contributed by atoms with Crippen LogP contribution in [0.3, 0.4) is 0 Å². The third kappa shape index (κ3) is 3.98. The number of pyridine rings is 1. The number of aromatic nitrogens is 1. The zero-order chi connectivity index (χ0) is 17.8. The molecule has 1 aromatic heterocycles. The van der Waals surface area contributed by atoms with Crippen LogP contribution in [0.15, 0.2) is 42.7 Å². The highest BCUT2D eigenvalue weighted by atomic mass is 19.1. The van der Waals surface area contributed by atoms with Crippen molar-refractivity contribution in [1.29, 1.82) is 0 Å². The van der Waals surface area contributed by atoms with Gasteiger partial charge in [-0.3, -0.25) is 9.78 Å². The Labute approximate surface area is 148 Å². The summed E-state index contributed by atoms with van der Waals surface area (Å²) < 4.78 is 14.0. The van der Waals surface area contributed by atoms with Gasteiger partial charge in [0.2, 0.25) is 0 Å². The molecule has 4 nitrogen and oxygen atoms in total. The lowest BCUT2D eigenvalue weighted by atomic mass is 10.0. The Morgan fingerprint density at radius 3 is 2.76 bits per heavy atom. The summed E-state index contributed by atoms with van der Waals surface area (Å²) >= 11 is 0. The van der Waals surface area contributed by atoms with E-state index >= 15 is 0 Å². The molecule has 1 saturated heterocycles. The van der Waals surface area contributed by atoms with Crippen molar-refractivity contribution in [2.24, 2.45) is 0 Å². The molecule has 1 amide bonds. The van der Waals surface area contributed by atoms with Crippen molar-refractivity contribution in [3.63, 3.8) is 0 Å². The normalized spacial score (nSPS) is 15.4. The van der Waals surface area contributed by atoms with Gasteiger partial charge in [-0.2, -0.15) is 0 Å². The summed E-state index contributed by atoms with van der Waals surface area (Å²) in [6, 6.07) is 9.55. The van der Waals surface area contributed by atoms with Gasteiger partial charge in [-0.25, -0.2) is 4.39 Å². The first kappa shape index (κ1) is 17.4. The number of hydrogen-bond acceptors (Lipinski definition) is 3. The van der Waals surface area contributed by atoms with Gasteiger partial charge in [0.05, 0.1) is 11.9 Å². The number of hydrogen-bond donors (Lipinski definition) is 0. The van der Waals surface area contributed by atoms with E-state index in [1.807, 2.05) is 28.0 Å². The molecule has 1 aliphatic heterocycles. The quantitative estimate of drug-likeness (QED) is 0.854. The summed E-state index contributed by atoms with van der Waals surface area (Å²) in [7, 11) is 0. The Hall–Kier alpha value is -2.43. The molecule has 132 valence electrons. The summed E-state index contributed by atoms with van der Waals surface area (Å²) in [5.74, 6) is 0.133. The molecule has 1 aliphatic rings. The van der Waals surface area contributed by atoms with E-state index in [1.165, 1.54) is 11.8 Å². The first-order valence-corrected chi connectivity index (χ1v) is 8.80. The van der Waals surface area contributed by atoms with Crippen molar-refractivity contribution in [3.8, 4) is 0 Å². The van der Waals surface area contributed by atoms with Crippen molar-refractivity contribution in [2.75, 3.05) is 31.1 Å². The van der Waals surface area contributed by atoms with Gasteiger partial charge in [0.1, 0.15) is 0 Å². The molecule has 1 fully saturated rings. The van der Waals surface area contributed by atoms with Gasteiger partial charge >= 0.3 is 0 Å². The highest BCUT2D eigenvalue weighted by Crippen LogP contribution is 2.21. The topological polar surface area (TPSA) is 36.4 Å². The van der Waals surface area contributed by atoms with E-state index in [1.54, 1.807) is 12.3 Å². The second-order valence-electron chi connectivity index (χ2n) is 6.74. The predicted octanol–water partition coefficient (Wildman–Crippen LogP) is 3.70. The Morgan fingerprint density at radius 1 is 1.16 bits per heavy atom. The third-order valence-corrected chi connectivity index (χ3v) is 4.68. The van der Waals surface area contributed by atoms with E-state index in [9.17, 15) is 9.18 Å². The molecule has 2 aromatic rings. The fourth-order valence-electron chi connectivity index (χ4n) is 3.20. The number of rotatable bonds is 3. The van der Waals surface area contributed by atoms with Gasteiger partial charge in [0, 0.05) is 37.9 Å². The SMILES string of the molecule is CC(C)c1cccc(C(=O)N2CCCN(c3ccncc3F)CC2)c1. The standard InChI is InChI=1S/C20H24FN3O/c1-15(2)16-5-3-6-17(13-16)20(25)24-10-4-9-23(11-12-24)19-7-8-22-14-18(19)21/h3,5-8,13-15H,4,9-12H2,1-2H3. The molecule has 1 aromatic carbocycles. The Morgan fingerprint density at radius 2 is 2.00 bits per heavy atom. The molecule has 0 N–H and O–H groups in total. The van der Waals surface area contributed by atoms with Gasteiger partial charge < -0.3 is 9.80 Å². The largest absolute Gasteiger partial charge is 0.367 e. The molecule has 2 heterocycles. The molecule has 5 heteroatoms. The number of anilines is 1. The van der Waals surface area contributed by atoms with Crippen molar-refractivity contribution in [2.45, 2.75) is 26.2 Å². The maximum atomic E-state index is 14.0. The Bertz CT molecular complexity index is 747. The van der Waals surface area contributed by atoms with Crippen LogP contribution in [0.4, 0.5) is 10.1 Å². The van der Waals surface area contributed by atoms with E-state index in [2.05, 4.69) is 24.9 Å². The molecular weight excluding hydrogens is 317 g/mol. The van der Waals surface area contributed by atoms with Crippen LogP contribution in [-0.4, -0.2) is 42.0 Å². The van der Waals surface area contributed by atoms with Gasteiger partial charge in [-0.15, -0.1) is 0 Å². The molecule has 0 saturated carbocycles. The van der Waals surface area contributed by atoms with Crippen molar-refractivity contribution in [1.82, 2.24) is 9.88 Å². The number of halogens is 1. The van der Waals surface area contributed by atoms with Crippen LogP contribution >= 0.6 is 0 Å². The van der Waals surface area contributed by atoms with Crippen LogP contribution < -0.4 is 4.90 Å². The molecular formula is C20H24FN3O. The number of carbonyl (C=O) groups excluding carboxylic acids is 1. The minimum absolute atomic E-state index is 0.0551. The zero-order valence-corrected chi connectivity index (χ0v) is 14.8. The van der Waals surface area contributed by atoms with E-state index in [0.717, 1.165) is 18.5 Å². The average molecular weight is 341 g/mol. The maximum absolute atomic E-state index is 14.0. The lowest BCUT2D eigenvalue weighted by Crippen LogP contribution is -2.35. The monoisotopic (exact) mass is 341 g/mol. The smallest absolute Gasteiger partial charge is 0.253 e. The van der Waals surface area contributed by atoms with Crippen LogP contribution in [0, 0.1) is 5.82 Å². The van der Waals surface area contributed by atoms with Crippen LogP contribution in [0.2, 0.25) is 0 Å². The second-order valence-corrected chi connectivity index (χ2v) is 6.74. The number of nitrogens with zero attached hydrogens (tertiary/aromatic N) is 3. The van der Waals surface area contributed by atoms with Gasteiger partial charge in [0.15, 0.2) is 5.82 Å². The van der Waals surface area contributed by atoms with E-state index in [4.69, 9.17) is 0 Å². The van der Waals surface area contributed by atoms with Crippen LogP contribution in [-0.2, 0) is 0 Å². The summed E-state index contributed by atoms with van der Waals surface area (Å²) in [5.41, 5.74) is 2.46. The zero-order valence-electron chi connectivity index (χ0n) is 14.8. The van der Waals surface area contributed by atoms with E-state index in [-0.39, 0.29) is 11.7 Å². The molecule has 0 unspecified atom stereocenters. The summed E-state index contributed by atoms with van der Waals surface area (Å²) in [4.78, 5) is 20.5. The van der Waals surface area contributed by atoms with Gasteiger partial charge in [0.25, 0.3) is 5.91 Å². The van der Waals surface area contributed by atoms with Crippen molar-refractivity contribution >= 4 is 11.6 Å². The Kier molecular flexibility index (Phi) is 5.31. The lowest BCUT2D eigenvalue weighted by molar-refractivity contribution is 0.0767. The maximum Gasteiger partial charge on any atom is 0.253 e. The van der Waals surface area contributed by atoms with E-state index in [0.29, 0.717) is 31.2 Å². The minimum atomic E-state index is -0.313. The van der Waals surface area contributed by atoms with Crippen molar-refractivity contribution < 1.29 is 9.18 Å². The summed E-state index contributed by atoms with van der Waals surface area (Å²) in [6.07, 6.45) is 3.65. The van der Waals surface area contributed by atoms with Gasteiger partial charge in [-0.1, -0.05) is 26.0 Å². The lowest BCUT2D eigenvalue weighted by Gasteiger charge is -2.24. The Balaban J connectivity index is 1.72. The van der Waals surface area contributed by atoms with Crippen LogP contribution in [0.1, 0.15) is 42.1 Å². The minimum Gasteiger partial charge on any atom is -0.367 e. The fourth-order valence-corrected chi connectivity index (χ4v) is 3.20. The molecule has 0 aliphatic carbocycles. The van der Waals surface area contributed by atoms with E-state index < -0.39 is 0 Å². The third-order valence-electron chi connectivity index (χ3n) is 4.68. The van der Waals surface area contributed by atoms with Crippen molar-refractivity contribution in [3.05, 3.63) is 59.7 Å². The average Bonchev–Trinajstić information content (AvgIpc) is 2.87. The molecule has 0 atom stereocenters. The molecule has 0 radical (unpaired) electrons. The summed E-state index contributed by atoms with van der Waals surface area (Å²) in [5, 5.41) is 0. The van der Waals surface area contributed by atoms with Crippen LogP contribution in [0.25, 0.3) is 0 Å².